The number of fused-ring (bicyclic) bond motifs is 2. The summed E-state index contributed by atoms with van der Waals surface area (Å²) in [5.41, 5.74) is 0.739. The highest BCUT2D eigenvalue weighted by Crippen LogP contribution is 2.14. The number of aryl methyl sites for hydroxylation is 2. The molecule has 0 aliphatic heterocycles. The van der Waals surface area contributed by atoms with Gasteiger partial charge in [-0.05, 0) is 31.5 Å². The van der Waals surface area contributed by atoms with Crippen LogP contribution in [0.15, 0.2) is 45.8 Å². The molecule has 4 aromatic rings. The first-order valence-electron chi connectivity index (χ1n) is 11.3. The lowest BCUT2D eigenvalue weighted by Gasteiger charge is -2.14. The first-order chi connectivity index (χ1) is 16.0. The molecule has 0 aliphatic carbocycles. The van der Waals surface area contributed by atoms with Gasteiger partial charge in [-0.25, -0.2) is 4.98 Å². The van der Waals surface area contributed by atoms with E-state index < -0.39 is 5.91 Å². The molecule has 0 atom stereocenters. The summed E-state index contributed by atoms with van der Waals surface area (Å²) in [6, 6.07) is 8.37. The van der Waals surface area contributed by atoms with Crippen molar-refractivity contribution in [2.75, 3.05) is 5.32 Å². The molecule has 4 rings (SSSR count). The van der Waals surface area contributed by atoms with Crippen molar-refractivity contribution in [3.63, 3.8) is 0 Å². The Morgan fingerprint density at radius 3 is 2.70 bits per heavy atom. The van der Waals surface area contributed by atoms with Gasteiger partial charge in [-0.2, -0.15) is 0 Å². The molecule has 0 fully saturated rings. The van der Waals surface area contributed by atoms with Crippen LogP contribution in [0.25, 0.3) is 16.7 Å². The largest absolute Gasteiger partial charge is 0.360 e. The van der Waals surface area contributed by atoms with Gasteiger partial charge in [0.05, 0.1) is 10.9 Å². The van der Waals surface area contributed by atoms with E-state index in [0.717, 1.165) is 19.3 Å². The third-order valence-corrected chi connectivity index (χ3v) is 5.67. The lowest BCUT2D eigenvalue weighted by atomic mass is 10.1. The van der Waals surface area contributed by atoms with Crippen molar-refractivity contribution >= 4 is 28.4 Å². The van der Waals surface area contributed by atoms with E-state index in [9.17, 15) is 9.59 Å². The van der Waals surface area contributed by atoms with Gasteiger partial charge in [0, 0.05) is 18.8 Å². The number of rotatable bonds is 9. The van der Waals surface area contributed by atoms with E-state index in [1.807, 2.05) is 6.07 Å². The van der Waals surface area contributed by atoms with Gasteiger partial charge in [-0.3, -0.25) is 19.4 Å². The second-order valence-electron chi connectivity index (χ2n) is 8.19. The zero-order chi connectivity index (χ0) is 23.4. The summed E-state index contributed by atoms with van der Waals surface area (Å²) in [4.78, 5) is 30.9. The maximum absolute atomic E-state index is 13.2. The van der Waals surface area contributed by atoms with Gasteiger partial charge in [0.2, 0.25) is 0 Å². The van der Waals surface area contributed by atoms with Crippen LogP contribution >= 0.6 is 0 Å². The number of carbonyl (C=O) groups excluding carboxylic acids is 1. The molecule has 4 aromatic heterocycles. The van der Waals surface area contributed by atoms with Gasteiger partial charge in [-0.1, -0.05) is 50.3 Å². The van der Waals surface area contributed by atoms with E-state index in [1.54, 1.807) is 35.9 Å². The Labute approximate surface area is 190 Å². The topological polar surface area (TPSA) is 118 Å². The fraction of sp³-hybridized carbons (Fsp3) is 0.375. The van der Waals surface area contributed by atoms with Crippen LogP contribution in [0.4, 0.5) is 5.82 Å². The summed E-state index contributed by atoms with van der Waals surface area (Å²) in [6.07, 6.45) is 8.17. The molecule has 1 amide bonds. The molecule has 0 saturated carbocycles. The smallest absolute Gasteiger partial charge is 0.267 e. The predicted molar refractivity (Wildman–Crippen MR) is 125 cm³/mol. The molecule has 2 N–H and O–H groups in total. The fourth-order valence-corrected chi connectivity index (χ4v) is 3.94. The number of anilines is 1. The maximum Gasteiger partial charge on any atom is 0.267 e. The van der Waals surface area contributed by atoms with Crippen LogP contribution in [-0.4, -0.2) is 25.0 Å². The Balaban J connectivity index is 1.77. The Hall–Kier alpha value is -3.75. The van der Waals surface area contributed by atoms with Crippen molar-refractivity contribution in [1.82, 2.24) is 19.1 Å². The number of pyridine rings is 2. The second kappa shape index (κ2) is 9.81. The third-order valence-electron chi connectivity index (χ3n) is 5.67. The van der Waals surface area contributed by atoms with Crippen LogP contribution in [0.1, 0.15) is 61.6 Å². The van der Waals surface area contributed by atoms with Gasteiger partial charge < -0.3 is 14.4 Å². The van der Waals surface area contributed by atoms with E-state index in [4.69, 9.17) is 9.93 Å². The molecule has 4 heterocycles. The highest BCUT2D eigenvalue weighted by Gasteiger charge is 2.18. The molecule has 0 radical (unpaired) electrons. The predicted octanol–water partition coefficient (Wildman–Crippen LogP) is 4.04. The highest BCUT2D eigenvalue weighted by molar-refractivity contribution is 6.05. The van der Waals surface area contributed by atoms with E-state index in [2.05, 4.69) is 22.4 Å². The first-order valence-corrected chi connectivity index (χ1v) is 11.3. The number of amides is 1. The zero-order valence-electron chi connectivity index (χ0n) is 18.9. The maximum atomic E-state index is 13.2. The molecule has 9 nitrogen and oxygen atoms in total. The van der Waals surface area contributed by atoms with Gasteiger partial charge in [0.25, 0.3) is 11.5 Å². The number of carbonyl (C=O) groups is 1. The zero-order valence-corrected chi connectivity index (χ0v) is 18.9. The van der Waals surface area contributed by atoms with Crippen LogP contribution in [-0.2, 0) is 6.54 Å². The SMILES string of the molecule is CCCCCCCCn1c(=N)c(C(=O)Nc2cc(C)on2)cc2c(=O)n3ccccc3nc21. The van der Waals surface area contributed by atoms with Crippen LogP contribution in [0, 0.1) is 12.3 Å². The third kappa shape index (κ3) is 4.72. The molecule has 172 valence electrons. The molecule has 0 unspecified atom stereocenters. The summed E-state index contributed by atoms with van der Waals surface area (Å²) in [7, 11) is 0. The van der Waals surface area contributed by atoms with Crippen molar-refractivity contribution in [3.05, 3.63) is 63.7 Å². The molecule has 0 spiro atoms. The van der Waals surface area contributed by atoms with E-state index >= 15 is 0 Å². The van der Waals surface area contributed by atoms with Crippen molar-refractivity contribution in [1.29, 1.82) is 5.41 Å². The molecular weight excluding hydrogens is 420 g/mol. The number of nitrogens with one attached hydrogen (secondary N) is 2. The summed E-state index contributed by atoms with van der Waals surface area (Å²) >= 11 is 0. The molecule has 0 saturated heterocycles. The summed E-state index contributed by atoms with van der Waals surface area (Å²) in [6.45, 7) is 4.40. The number of hydrogen-bond donors (Lipinski definition) is 2. The lowest BCUT2D eigenvalue weighted by molar-refractivity contribution is 0.102. The van der Waals surface area contributed by atoms with Gasteiger partial charge in [-0.15, -0.1) is 0 Å². The minimum atomic E-state index is -0.524. The van der Waals surface area contributed by atoms with Gasteiger partial charge >= 0.3 is 0 Å². The average Bonchev–Trinajstić information content (AvgIpc) is 3.21. The Morgan fingerprint density at radius 1 is 1.15 bits per heavy atom. The normalized spacial score (nSPS) is 11.3. The molecular formula is C24H28N6O3. The molecule has 0 aromatic carbocycles. The van der Waals surface area contributed by atoms with E-state index in [1.165, 1.54) is 29.7 Å². The Kier molecular flexibility index (Phi) is 6.67. The Morgan fingerprint density at radius 2 is 1.94 bits per heavy atom. The molecule has 0 aliphatic rings. The van der Waals surface area contributed by atoms with Crippen LogP contribution in [0.3, 0.4) is 0 Å². The average molecular weight is 449 g/mol. The minimum absolute atomic E-state index is 0.0148. The number of aromatic nitrogens is 4. The molecule has 0 bridgehead atoms. The van der Waals surface area contributed by atoms with Crippen LogP contribution in [0.5, 0.6) is 0 Å². The van der Waals surface area contributed by atoms with E-state index in [0.29, 0.717) is 29.0 Å². The summed E-state index contributed by atoms with van der Waals surface area (Å²) < 4.78 is 8.13. The molecule has 33 heavy (non-hydrogen) atoms. The van der Waals surface area contributed by atoms with E-state index in [-0.39, 0.29) is 22.4 Å². The minimum Gasteiger partial charge on any atom is -0.360 e. The number of unbranched alkanes of at least 4 members (excludes halogenated alkanes) is 5. The number of hydrogen-bond acceptors (Lipinski definition) is 6. The standard InChI is InChI=1S/C24H28N6O3/c1-3-4-5-6-7-9-13-30-21(25)17(23(31)26-19-14-16(2)33-28-19)15-18-22(30)27-20-11-8-10-12-29(20)24(18)32/h8,10-12,14-15,25H,3-7,9,13H2,1-2H3,(H,26,28,31). The quantitative estimate of drug-likeness (QED) is 0.296. The second-order valence-corrected chi connectivity index (χ2v) is 8.19. The summed E-state index contributed by atoms with van der Waals surface area (Å²) in [5, 5.41) is 15.5. The van der Waals surface area contributed by atoms with Gasteiger partial charge in [0.1, 0.15) is 22.5 Å². The number of nitrogens with zero attached hydrogens (tertiary/aromatic N) is 4. The lowest BCUT2D eigenvalue weighted by Crippen LogP contribution is -2.32. The highest BCUT2D eigenvalue weighted by atomic mass is 16.5. The molecule has 9 heteroatoms. The van der Waals surface area contributed by atoms with Gasteiger partial charge in [0.15, 0.2) is 5.82 Å². The Bertz CT molecular complexity index is 1420. The monoisotopic (exact) mass is 448 g/mol. The first kappa shape index (κ1) is 22.4. The van der Waals surface area contributed by atoms with Crippen molar-refractivity contribution in [2.24, 2.45) is 0 Å². The fourth-order valence-electron chi connectivity index (χ4n) is 3.94. The summed E-state index contributed by atoms with van der Waals surface area (Å²) in [5.74, 6) is 0.291. The van der Waals surface area contributed by atoms with Crippen LogP contribution in [0.2, 0.25) is 0 Å². The van der Waals surface area contributed by atoms with Crippen LogP contribution < -0.4 is 16.4 Å². The van der Waals surface area contributed by atoms with Crippen molar-refractivity contribution in [2.45, 2.75) is 58.9 Å². The van der Waals surface area contributed by atoms with Crippen molar-refractivity contribution in [3.8, 4) is 0 Å². The van der Waals surface area contributed by atoms with Crippen molar-refractivity contribution < 1.29 is 9.32 Å².